The Labute approximate surface area is 143 Å². The number of furan rings is 1. The first-order chi connectivity index (χ1) is 11.7. The Morgan fingerprint density at radius 1 is 1.42 bits per heavy atom. The van der Waals surface area contributed by atoms with Gasteiger partial charge in [-0.2, -0.15) is 0 Å². The largest absolute Gasteiger partial charge is 0.467 e. The second kappa shape index (κ2) is 6.35. The van der Waals surface area contributed by atoms with Crippen molar-refractivity contribution in [2.45, 2.75) is 38.1 Å². The van der Waals surface area contributed by atoms with E-state index in [1.807, 2.05) is 6.07 Å². The lowest BCUT2D eigenvalue weighted by Gasteiger charge is -2.21. The number of anilines is 1. The summed E-state index contributed by atoms with van der Waals surface area (Å²) >= 11 is 1.44. The first-order valence-corrected chi connectivity index (χ1v) is 8.95. The molecule has 1 N–H and O–H groups in total. The zero-order valence-corrected chi connectivity index (χ0v) is 13.9. The highest BCUT2D eigenvalue weighted by Crippen LogP contribution is 2.38. The third-order valence-corrected chi connectivity index (χ3v) is 5.64. The normalized spacial score (nSPS) is 21.1. The highest BCUT2D eigenvalue weighted by Gasteiger charge is 2.35. The molecule has 2 aromatic heterocycles. The number of rotatable bonds is 5. The van der Waals surface area contributed by atoms with Crippen LogP contribution in [-0.4, -0.2) is 33.5 Å². The summed E-state index contributed by atoms with van der Waals surface area (Å²) in [4.78, 5) is 26.1. The number of likely N-dealkylation sites (tertiary alicyclic amines) is 1. The minimum atomic E-state index is -0.358. The molecule has 1 unspecified atom stereocenters. The Kier molecular flexibility index (Phi) is 4.05. The number of amides is 2. The van der Waals surface area contributed by atoms with E-state index in [9.17, 15) is 9.59 Å². The van der Waals surface area contributed by atoms with E-state index in [0.717, 1.165) is 23.6 Å². The van der Waals surface area contributed by atoms with Crippen LogP contribution in [0.4, 0.5) is 5.13 Å². The number of hydrogen-bond acceptors (Lipinski definition) is 6. The smallest absolute Gasteiger partial charge is 0.231 e. The zero-order chi connectivity index (χ0) is 16.5. The first kappa shape index (κ1) is 15.3. The predicted octanol–water partition coefficient (Wildman–Crippen LogP) is 2.39. The average Bonchev–Trinajstić information content (AvgIpc) is 3.21. The number of nitrogens with one attached hydrogen (secondary N) is 1. The number of hydrogen-bond donors (Lipinski definition) is 1. The maximum atomic E-state index is 12.4. The fraction of sp³-hybridized carbons (Fsp3) is 0.500. The molecular weight excluding hydrogens is 328 g/mol. The molecule has 2 fully saturated rings. The van der Waals surface area contributed by atoms with Gasteiger partial charge < -0.3 is 14.6 Å². The molecule has 1 saturated heterocycles. The molecule has 0 spiro atoms. The van der Waals surface area contributed by atoms with Gasteiger partial charge in [-0.05, 0) is 25.0 Å². The molecule has 2 aromatic rings. The number of carbonyl (C=O) groups is 2. The van der Waals surface area contributed by atoms with Gasteiger partial charge in [0.05, 0.1) is 18.7 Å². The van der Waals surface area contributed by atoms with Gasteiger partial charge in [-0.1, -0.05) is 17.8 Å². The molecule has 126 valence electrons. The molecule has 1 saturated carbocycles. The molecule has 2 amide bonds. The van der Waals surface area contributed by atoms with Crippen molar-refractivity contribution in [3.8, 4) is 0 Å². The number of aromatic nitrogens is 2. The zero-order valence-electron chi connectivity index (χ0n) is 13.1. The van der Waals surface area contributed by atoms with E-state index in [1.165, 1.54) is 17.8 Å². The molecule has 7 nitrogen and oxygen atoms in total. The van der Waals surface area contributed by atoms with Gasteiger partial charge in [-0.15, -0.1) is 10.2 Å². The molecule has 0 bridgehead atoms. The summed E-state index contributed by atoms with van der Waals surface area (Å²) in [6.45, 7) is 0.805. The van der Waals surface area contributed by atoms with Crippen LogP contribution in [0.1, 0.15) is 42.4 Å². The molecule has 0 aromatic carbocycles. The van der Waals surface area contributed by atoms with E-state index < -0.39 is 0 Å². The van der Waals surface area contributed by atoms with E-state index in [0.29, 0.717) is 24.1 Å². The molecule has 8 heteroatoms. The molecule has 24 heavy (non-hydrogen) atoms. The Hall–Kier alpha value is -2.22. The van der Waals surface area contributed by atoms with E-state index >= 15 is 0 Å². The average molecular weight is 346 g/mol. The summed E-state index contributed by atoms with van der Waals surface area (Å²) < 4.78 is 5.27. The summed E-state index contributed by atoms with van der Waals surface area (Å²) in [7, 11) is 0. The van der Waals surface area contributed by atoms with Crippen molar-refractivity contribution < 1.29 is 14.0 Å². The maximum Gasteiger partial charge on any atom is 0.231 e. The van der Waals surface area contributed by atoms with Gasteiger partial charge in [-0.25, -0.2) is 0 Å². The van der Waals surface area contributed by atoms with Gasteiger partial charge in [0, 0.05) is 18.9 Å². The van der Waals surface area contributed by atoms with E-state index in [4.69, 9.17) is 4.42 Å². The van der Waals surface area contributed by atoms with Crippen molar-refractivity contribution in [3.05, 3.63) is 29.2 Å². The maximum absolute atomic E-state index is 12.4. The van der Waals surface area contributed by atoms with Gasteiger partial charge in [0.1, 0.15) is 10.8 Å². The van der Waals surface area contributed by atoms with Gasteiger partial charge in [0.15, 0.2) is 0 Å². The van der Waals surface area contributed by atoms with Crippen LogP contribution in [0.3, 0.4) is 0 Å². The third-order valence-electron chi connectivity index (χ3n) is 4.64. The van der Waals surface area contributed by atoms with Gasteiger partial charge in [0.25, 0.3) is 0 Å². The van der Waals surface area contributed by atoms with Crippen molar-refractivity contribution in [2.24, 2.45) is 5.92 Å². The van der Waals surface area contributed by atoms with E-state index in [-0.39, 0.29) is 24.2 Å². The number of carbonyl (C=O) groups excluding carboxylic acids is 2. The second-order valence-electron chi connectivity index (χ2n) is 6.32. The fourth-order valence-corrected chi connectivity index (χ4v) is 3.92. The summed E-state index contributed by atoms with van der Waals surface area (Å²) in [5.74, 6) is 0.674. The van der Waals surface area contributed by atoms with Gasteiger partial charge in [-0.3, -0.25) is 9.59 Å². The summed E-state index contributed by atoms with van der Waals surface area (Å²) in [6, 6.07) is 3.61. The van der Waals surface area contributed by atoms with Crippen molar-refractivity contribution in [2.75, 3.05) is 11.9 Å². The highest BCUT2D eigenvalue weighted by molar-refractivity contribution is 7.15. The lowest BCUT2D eigenvalue weighted by atomic mass is 9.86. The first-order valence-electron chi connectivity index (χ1n) is 8.13. The molecule has 4 rings (SSSR count). The van der Waals surface area contributed by atoms with E-state index in [2.05, 4.69) is 15.5 Å². The minimum Gasteiger partial charge on any atom is -0.467 e. The van der Waals surface area contributed by atoms with Crippen LogP contribution in [0.2, 0.25) is 0 Å². The van der Waals surface area contributed by atoms with Crippen LogP contribution >= 0.6 is 11.3 Å². The topological polar surface area (TPSA) is 88.3 Å². The monoisotopic (exact) mass is 346 g/mol. The minimum absolute atomic E-state index is 0.0287. The summed E-state index contributed by atoms with van der Waals surface area (Å²) in [6.07, 6.45) is 5.35. The Bertz CT molecular complexity index is 738. The van der Waals surface area contributed by atoms with Crippen LogP contribution in [0.5, 0.6) is 0 Å². The molecule has 3 heterocycles. The Morgan fingerprint density at radius 2 is 2.29 bits per heavy atom. The third kappa shape index (κ3) is 3.06. The summed E-state index contributed by atoms with van der Waals surface area (Å²) in [5, 5.41) is 12.6. The standard InChI is InChI=1S/C16H18N4O3S/c21-13-7-11(8-20(13)9-12-5-2-6-23-12)14(22)17-16-19-18-15(24-16)10-3-1-4-10/h2,5-6,10-11H,1,3-4,7-9H2,(H,17,19,22). The molecule has 1 aliphatic heterocycles. The molecule has 2 aliphatic rings. The molecule has 1 atom stereocenters. The Balaban J connectivity index is 1.34. The van der Waals surface area contributed by atoms with Crippen molar-refractivity contribution in [1.29, 1.82) is 0 Å². The van der Waals surface area contributed by atoms with Gasteiger partial charge >= 0.3 is 0 Å². The van der Waals surface area contributed by atoms with Crippen LogP contribution in [0.25, 0.3) is 0 Å². The SMILES string of the molecule is O=C(Nc1nnc(C2CCC2)s1)C1CC(=O)N(Cc2ccco2)C1. The molecule has 0 radical (unpaired) electrons. The molecular formula is C16H18N4O3S. The number of nitrogens with zero attached hydrogens (tertiary/aromatic N) is 3. The van der Waals surface area contributed by atoms with Crippen LogP contribution in [0, 0.1) is 5.92 Å². The second-order valence-corrected chi connectivity index (χ2v) is 7.33. The summed E-state index contributed by atoms with van der Waals surface area (Å²) in [5.41, 5.74) is 0. The van der Waals surface area contributed by atoms with Crippen molar-refractivity contribution in [3.63, 3.8) is 0 Å². The van der Waals surface area contributed by atoms with Gasteiger partial charge in [0.2, 0.25) is 16.9 Å². The fourth-order valence-electron chi connectivity index (χ4n) is 3.00. The van der Waals surface area contributed by atoms with Crippen molar-refractivity contribution >= 4 is 28.3 Å². The quantitative estimate of drug-likeness (QED) is 0.898. The molecule has 1 aliphatic carbocycles. The lowest BCUT2D eigenvalue weighted by Crippen LogP contribution is -2.27. The lowest BCUT2D eigenvalue weighted by molar-refractivity contribution is -0.128. The highest BCUT2D eigenvalue weighted by atomic mass is 32.1. The van der Waals surface area contributed by atoms with Crippen LogP contribution in [0.15, 0.2) is 22.8 Å². The Morgan fingerprint density at radius 3 is 3.00 bits per heavy atom. The predicted molar refractivity (Wildman–Crippen MR) is 87.4 cm³/mol. The van der Waals surface area contributed by atoms with Crippen LogP contribution < -0.4 is 5.32 Å². The van der Waals surface area contributed by atoms with Crippen molar-refractivity contribution in [1.82, 2.24) is 15.1 Å². The van der Waals surface area contributed by atoms with E-state index in [1.54, 1.807) is 17.2 Å². The van der Waals surface area contributed by atoms with Crippen LogP contribution in [-0.2, 0) is 16.1 Å².